The molecular weight excluding hydrogens is 161 g/mol. The van der Waals surface area contributed by atoms with Crippen LogP contribution in [0.2, 0.25) is 0 Å². The molecule has 1 heterocycles. The van der Waals surface area contributed by atoms with Crippen LogP contribution in [0.1, 0.15) is 13.3 Å². The SMILES string of the molecule is CC(C(=O)O)N1CCC=C(F)C1. The fourth-order valence-corrected chi connectivity index (χ4v) is 1.21. The first-order valence-electron chi connectivity index (χ1n) is 3.92. The molecule has 0 bridgehead atoms. The molecule has 1 N–H and O–H groups in total. The Hall–Kier alpha value is -0.900. The average molecular weight is 173 g/mol. The van der Waals surface area contributed by atoms with Crippen molar-refractivity contribution < 1.29 is 14.3 Å². The summed E-state index contributed by atoms with van der Waals surface area (Å²) < 4.78 is 12.7. The van der Waals surface area contributed by atoms with Gasteiger partial charge in [0, 0.05) is 6.54 Å². The van der Waals surface area contributed by atoms with Gasteiger partial charge in [-0.05, 0) is 13.3 Å². The quantitative estimate of drug-likeness (QED) is 0.677. The molecule has 0 aliphatic carbocycles. The molecule has 0 spiro atoms. The van der Waals surface area contributed by atoms with E-state index < -0.39 is 12.0 Å². The second kappa shape index (κ2) is 3.67. The van der Waals surface area contributed by atoms with Crippen LogP contribution >= 0.6 is 0 Å². The average Bonchev–Trinajstić information content (AvgIpc) is 2.03. The molecule has 4 heteroatoms. The minimum absolute atomic E-state index is 0.132. The molecule has 1 aliphatic heterocycles. The minimum Gasteiger partial charge on any atom is -0.480 e. The molecule has 1 aliphatic rings. The lowest BCUT2D eigenvalue weighted by atomic mass is 10.2. The molecule has 0 saturated heterocycles. The topological polar surface area (TPSA) is 40.5 Å². The lowest BCUT2D eigenvalue weighted by Gasteiger charge is -2.27. The molecule has 0 aromatic carbocycles. The van der Waals surface area contributed by atoms with Crippen LogP contribution in [0.3, 0.4) is 0 Å². The van der Waals surface area contributed by atoms with E-state index in [-0.39, 0.29) is 12.4 Å². The van der Waals surface area contributed by atoms with E-state index in [4.69, 9.17) is 5.11 Å². The zero-order chi connectivity index (χ0) is 9.14. The lowest BCUT2D eigenvalue weighted by molar-refractivity contribution is -0.142. The Morgan fingerprint density at radius 2 is 2.50 bits per heavy atom. The first-order valence-corrected chi connectivity index (χ1v) is 3.92. The van der Waals surface area contributed by atoms with Crippen LogP contribution < -0.4 is 0 Å². The maximum atomic E-state index is 12.7. The minimum atomic E-state index is -0.898. The predicted molar refractivity (Wildman–Crippen MR) is 42.5 cm³/mol. The number of nitrogens with zero attached hydrogens (tertiary/aromatic N) is 1. The molecule has 0 saturated carbocycles. The van der Waals surface area contributed by atoms with Gasteiger partial charge >= 0.3 is 5.97 Å². The molecule has 1 atom stereocenters. The highest BCUT2D eigenvalue weighted by atomic mass is 19.1. The Bertz CT molecular complexity index is 215. The van der Waals surface area contributed by atoms with E-state index in [1.165, 1.54) is 6.08 Å². The van der Waals surface area contributed by atoms with Crippen molar-refractivity contribution in [2.45, 2.75) is 19.4 Å². The van der Waals surface area contributed by atoms with Crippen LogP contribution in [0.4, 0.5) is 4.39 Å². The monoisotopic (exact) mass is 173 g/mol. The molecule has 68 valence electrons. The van der Waals surface area contributed by atoms with Crippen LogP contribution in [-0.2, 0) is 4.79 Å². The zero-order valence-electron chi connectivity index (χ0n) is 6.96. The van der Waals surface area contributed by atoms with Crippen molar-refractivity contribution in [2.24, 2.45) is 0 Å². The lowest BCUT2D eigenvalue weighted by Crippen LogP contribution is -2.41. The van der Waals surface area contributed by atoms with Crippen LogP contribution in [0.5, 0.6) is 0 Å². The van der Waals surface area contributed by atoms with Crippen molar-refractivity contribution in [3.8, 4) is 0 Å². The Morgan fingerprint density at radius 3 is 3.00 bits per heavy atom. The molecule has 12 heavy (non-hydrogen) atoms. The van der Waals surface area contributed by atoms with Gasteiger partial charge in [0.2, 0.25) is 0 Å². The number of hydrogen-bond donors (Lipinski definition) is 1. The Labute approximate surface area is 70.5 Å². The van der Waals surface area contributed by atoms with Crippen LogP contribution in [0, 0.1) is 0 Å². The highest BCUT2D eigenvalue weighted by Crippen LogP contribution is 2.13. The maximum absolute atomic E-state index is 12.7. The molecule has 0 fully saturated rings. The van der Waals surface area contributed by atoms with E-state index >= 15 is 0 Å². The highest BCUT2D eigenvalue weighted by Gasteiger charge is 2.22. The van der Waals surface area contributed by atoms with Gasteiger partial charge in [0.25, 0.3) is 0 Å². The van der Waals surface area contributed by atoms with Gasteiger partial charge in [-0.2, -0.15) is 0 Å². The van der Waals surface area contributed by atoms with Gasteiger partial charge in [0.05, 0.1) is 6.54 Å². The first-order chi connectivity index (χ1) is 5.61. The molecule has 0 amide bonds. The van der Waals surface area contributed by atoms with Crippen molar-refractivity contribution in [1.29, 1.82) is 0 Å². The molecule has 1 unspecified atom stereocenters. The molecule has 1 rings (SSSR count). The van der Waals surface area contributed by atoms with Gasteiger partial charge in [-0.15, -0.1) is 0 Å². The van der Waals surface area contributed by atoms with E-state index in [1.807, 2.05) is 0 Å². The summed E-state index contributed by atoms with van der Waals surface area (Å²) in [5.41, 5.74) is 0. The summed E-state index contributed by atoms with van der Waals surface area (Å²) in [6.07, 6.45) is 2.11. The van der Waals surface area contributed by atoms with Crippen molar-refractivity contribution >= 4 is 5.97 Å². The van der Waals surface area contributed by atoms with Crippen molar-refractivity contribution in [3.05, 3.63) is 11.9 Å². The fraction of sp³-hybridized carbons (Fsp3) is 0.625. The van der Waals surface area contributed by atoms with Gasteiger partial charge < -0.3 is 5.11 Å². The number of halogens is 1. The highest BCUT2D eigenvalue weighted by molar-refractivity contribution is 5.72. The first kappa shape index (κ1) is 9.19. The summed E-state index contributed by atoms with van der Waals surface area (Å²) >= 11 is 0. The largest absolute Gasteiger partial charge is 0.480 e. The third-order valence-corrected chi connectivity index (χ3v) is 2.04. The second-order valence-corrected chi connectivity index (χ2v) is 2.92. The molecule has 0 radical (unpaired) electrons. The standard InChI is InChI=1S/C8H12FNO2/c1-6(8(11)12)10-4-2-3-7(9)5-10/h3,6H,2,4-5H2,1H3,(H,11,12). The Kier molecular flexibility index (Phi) is 2.81. The third-order valence-electron chi connectivity index (χ3n) is 2.04. The summed E-state index contributed by atoms with van der Waals surface area (Å²) in [6, 6.07) is -0.593. The van der Waals surface area contributed by atoms with E-state index in [0.29, 0.717) is 13.0 Å². The zero-order valence-corrected chi connectivity index (χ0v) is 6.96. The Morgan fingerprint density at radius 1 is 1.83 bits per heavy atom. The summed E-state index contributed by atoms with van der Waals surface area (Å²) in [7, 11) is 0. The number of carboxylic acids is 1. The smallest absolute Gasteiger partial charge is 0.320 e. The van der Waals surface area contributed by atoms with Gasteiger partial charge in [-0.25, -0.2) is 4.39 Å². The molecule has 0 aromatic rings. The predicted octanol–water partition coefficient (Wildman–Crippen LogP) is 1.02. The van der Waals surface area contributed by atoms with Crippen LogP contribution in [-0.4, -0.2) is 35.1 Å². The second-order valence-electron chi connectivity index (χ2n) is 2.92. The molecule has 3 nitrogen and oxygen atoms in total. The van der Waals surface area contributed by atoms with E-state index in [1.54, 1.807) is 11.8 Å². The summed E-state index contributed by atoms with van der Waals surface area (Å²) in [5, 5.41) is 8.64. The van der Waals surface area contributed by atoms with Crippen LogP contribution in [0.25, 0.3) is 0 Å². The summed E-state index contributed by atoms with van der Waals surface area (Å²) in [6.45, 7) is 2.33. The number of carboxylic acid groups (broad SMARTS) is 1. The summed E-state index contributed by atoms with van der Waals surface area (Å²) in [4.78, 5) is 12.1. The van der Waals surface area contributed by atoms with Crippen LogP contribution in [0.15, 0.2) is 11.9 Å². The normalized spacial score (nSPS) is 21.7. The number of hydrogen-bond acceptors (Lipinski definition) is 2. The molecule has 0 aromatic heterocycles. The number of rotatable bonds is 2. The number of aliphatic carboxylic acids is 1. The van der Waals surface area contributed by atoms with E-state index in [9.17, 15) is 9.18 Å². The van der Waals surface area contributed by atoms with Gasteiger partial charge in [-0.1, -0.05) is 6.08 Å². The molecular formula is C8H12FNO2. The van der Waals surface area contributed by atoms with Gasteiger partial charge in [0.1, 0.15) is 11.9 Å². The van der Waals surface area contributed by atoms with Gasteiger partial charge in [0.15, 0.2) is 0 Å². The Balaban J connectivity index is 2.54. The van der Waals surface area contributed by atoms with Crippen molar-refractivity contribution in [3.63, 3.8) is 0 Å². The number of carbonyl (C=O) groups is 1. The van der Waals surface area contributed by atoms with E-state index in [2.05, 4.69) is 0 Å². The van der Waals surface area contributed by atoms with Gasteiger partial charge in [-0.3, -0.25) is 9.69 Å². The van der Waals surface area contributed by atoms with Crippen molar-refractivity contribution in [2.75, 3.05) is 13.1 Å². The van der Waals surface area contributed by atoms with E-state index in [0.717, 1.165) is 0 Å². The van der Waals surface area contributed by atoms with Crippen molar-refractivity contribution in [1.82, 2.24) is 4.90 Å². The summed E-state index contributed by atoms with van der Waals surface area (Å²) in [5.74, 6) is -1.13. The fourth-order valence-electron chi connectivity index (χ4n) is 1.21. The third kappa shape index (κ3) is 2.04. The maximum Gasteiger partial charge on any atom is 0.320 e.